The van der Waals surface area contributed by atoms with Gasteiger partial charge in [-0.25, -0.2) is 0 Å². The van der Waals surface area contributed by atoms with Gasteiger partial charge in [-0.2, -0.15) is 0 Å². The van der Waals surface area contributed by atoms with E-state index in [9.17, 15) is 0 Å². The van der Waals surface area contributed by atoms with Gasteiger partial charge in [0.1, 0.15) is 0 Å². The van der Waals surface area contributed by atoms with E-state index < -0.39 is 0 Å². The fraction of sp³-hybridized carbons (Fsp3) is 0.625. The summed E-state index contributed by atoms with van der Waals surface area (Å²) in [6.45, 7) is 0.976. The van der Waals surface area contributed by atoms with E-state index in [4.69, 9.17) is 4.74 Å². The molecule has 0 spiro atoms. The maximum atomic E-state index is 5.69. The monoisotopic (exact) mass is 388 g/mol. The van der Waals surface area contributed by atoms with Crippen LogP contribution in [-0.4, -0.2) is 18.0 Å². The fourth-order valence-electron chi connectivity index (χ4n) is 2.71. The van der Waals surface area contributed by atoms with Crippen molar-refractivity contribution in [2.75, 3.05) is 11.9 Å². The Balaban J connectivity index is 1.75. The van der Waals surface area contributed by atoms with Crippen LogP contribution in [0.4, 0.5) is 0 Å². The fourth-order valence-corrected chi connectivity index (χ4v) is 3.71. The van der Waals surface area contributed by atoms with Gasteiger partial charge in [0.25, 0.3) is 0 Å². The van der Waals surface area contributed by atoms with Crippen molar-refractivity contribution in [3.05, 3.63) is 34.3 Å². The number of hydrogen-bond acceptors (Lipinski definition) is 1. The van der Waals surface area contributed by atoms with Crippen molar-refractivity contribution in [3.8, 4) is 0 Å². The quantitative estimate of drug-likeness (QED) is 0.571. The predicted octanol–water partition coefficient (Wildman–Crippen LogP) is 5.35. The molecule has 1 aromatic carbocycles. The van der Waals surface area contributed by atoms with Crippen LogP contribution in [0.5, 0.6) is 0 Å². The zero-order valence-corrected chi connectivity index (χ0v) is 14.5. The third-order valence-corrected chi connectivity index (χ3v) is 5.54. The first-order valence-corrected chi connectivity index (χ1v) is 9.12. The normalized spacial score (nSPS) is 20.6. The maximum absolute atomic E-state index is 5.69. The SMILES string of the molecule is BrCC(CCCC1CCCO1)Cc1ccccc1Br. The van der Waals surface area contributed by atoms with Crippen LogP contribution in [-0.2, 0) is 11.2 Å². The number of ether oxygens (including phenoxy) is 1. The zero-order valence-electron chi connectivity index (χ0n) is 11.3. The van der Waals surface area contributed by atoms with Gasteiger partial charge in [0.05, 0.1) is 6.10 Å². The van der Waals surface area contributed by atoms with E-state index in [1.54, 1.807) is 0 Å². The predicted molar refractivity (Wildman–Crippen MR) is 88.0 cm³/mol. The minimum absolute atomic E-state index is 0.541. The summed E-state index contributed by atoms with van der Waals surface area (Å²) in [5, 5.41) is 1.08. The van der Waals surface area contributed by atoms with E-state index in [0.717, 1.165) is 24.3 Å². The van der Waals surface area contributed by atoms with Crippen molar-refractivity contribution in [1.29, 1.82) is 0 Å². The summed E-state index contributed by atoms with van der Waals surface area (Å²) in [5.74, 6) is 0.722. The molecule has 1 heterocycles. The molecule has 2 unspecified atom stereocenters. The molecule has 0 aromatic heterocycles. The highest BCUT2D eigenvalue weighted by Gasteiger charge is 2.16. The highest BCUT2D eigenvalue weighted by molar-refractivity contribution is 9.10. The van der Waals surface area contributed by atoms with Gasteiger partial charge >= 0.3 is 0 Å². The van der Waals surface area contributed by atoms with Crippen LogP contribution in [0.15, 0.2) is 28.7 Å². The summed E-state index contributed by atoms with van der Waals surface area (Å²) in [6, 6.07) is 8.55. The largest absolute Gasteiger partial charge is 0.378 e. The lowest BCUT2D eigenvalue weighted by Gasteiger charge is -2.16. The Hall–Kier alpha value is 0.140. The molecule has 1 saturated heterocycles. The van der Waals surface area contributed by atoms with E-state index >= 15 is 0 Å². The molecule has 3 heteroatoms. The van der Waals surface area contributed by atoms with Crippen LogP contribution in [0, 0.1) is 5.92 Å². The molecule has 0 amide bonds. The minimum atomic E-state index is 0.541. The Morgan fingerprint density at radius 2 is 2.16 bits per heavy atom. The van der Waals surface area contributed by atoms with Crippen molar-refractivity contribution in [2.24, 2.45) is 5.92 Å². The van der Waals surface area contributed by atoms with Crippen LogP contribution in [0.3, 0.4) is 0 Å². The Bertz CT molecular complexity index is 375. The van der Waals surface area contributed by atoms with Crippen LogP contribution in [0.25, 0.3) is 0 Å². The van der Waals surface area contributed by atoms with Crippen molar-refractivity contribution in [3.63, 3.8) is 0 Å². The van der Waals surface area contributed by atoms with Gasteiger partial charge in [0.15, 0.2) is 0 Å². The van der Waals surface area contributed by atoms with E-state index in [1.165, 1.54) is 42.1 Å². The molecule has 2 atom stereocenters. The highest BCUT2D eigenvalue weighted by atomic mass is 79.9. The number of alkyl halides is 1. The molecule has 0 aliphatic carbocycles. The third-order valence-electron chi connectivity index (χ3n) is 3.85. The van der Waals surface area contributed by atoms with Gasteiger partial charge in [-0.05, 0) is 49.7 Å². The first-order chi connectivity index (χ1) is 9.29. The van der Waals surface area contributed by atoms with Crippen molar-refractivity contribution < 1.29 is 4.74 Å². The molecule has 0 bridgehead atoms. The number of halogens is 2. The van der Waals surface area contributed by atoms with Crippen LogP contribution in [0.1, 0.15) is 37.7 Å². The van der Waals surface area contributed by atoms with Crippen LogP contribution in [0.2, 0.25) is 0 Å². The Morgan fingerprint density at radius 1 is 1.32 bits per heavy atom. The lowest BCUT2D eigenvalue weighted by Crippen LogP contribution is -2.10. The molecule has 1 aromatic rings. The lowest BCUT2D eigenvalue weighted by atomic mass is 9.95. The molecule has 2 rings (SSSR count). The summed E-state index contributed by atoms with van der Waals surface area (Å²) in [6.07, 6.45) is 8.02. The molecule has 106 valence electrons. The van der Waals surface area contributed by atoms with Gasteiger partial charge in [-0.3, -0.25) is 0 Å². The summed E-state index contributed by atoms with van der Waals surface area (Å²) < 4.78 is 6.92. The van der Waals surface area contributed by atoms with E-state index in [-0.39, 0.29) is 0 Å². The summed E-state index contributed by atoms with van der Waals surface area (Å²) in [7, 11) is 0. The van der Waals surface area contributed by atoms with Gasteiger partial charge in [-0.15, -0.1) is 0 Å². The number of hydrogen-bond donors (Lipinski definition) is 0. The van der Waals surface area contributed by atoms with Gasteiger partial charge in [0, 0.05) is 16.4 Å². The highest BCUT2D eigenvalue weighted by Crippen LogP contribution is 2.25. The van der Waals surface area contributed by atoms with Crippen LogP contribution < -0.4 is 0 Å². The molecule has 1 nitrogen and oxygen atoms in total. The molecule has 0 saturated carbocycles. The molecule has 1 aliphatic heterocycles. The average Bonchev–Trinajstić information content (AvgIpc) is 2.93. The molecule has 1 aliphatic rings. The smallest absolute Gasteiger partial charge is 0.0576 e. The molecular formula is C16H22Br2O. The zero-order chi connectivity index (χ0) is 13.5. The molecule has 19 heavy (non-hydrogen) atoms. The average molecular weight is 390 g/mol. The van der Waals surface area contributed by atoms with Crippen LogP contribution >= 0.6 is 31.9 Å². The Morgan fingerprint density at radius 3 is 2.84 bits per heavy atom. The first kappa shape index (κ1) is 15.5. The van der Waals surface area contributed by atoms with Gasteiger partial charge in [0.2, 0.25) is 0 Å². The molecule has 1 fully saturated rings. The second kappa shape index (κ2) is 8.43. The second-order valence-corrected chi connectivity index (χ2v) is 6.88. The number of benzene rings is 1. The Kier molecular flexibility index (Phi) is 6.89. The topological polar surface area (TPSA) is 9.23 Å². The Labute approximate surface area is 133 Å². The van der Waals surface area contributed by atoms with E-state index in [2.05, 4.69) is 56.1 Å². The first-order valence-electron chi connectivity index (χ1n) is 7.20. The molecule has 0 N–H and O–H groups in total. The third kappa shape index (κ3) is 5.20. The molecule has 0 radical (unpaired) electrons. The maximum Gasteiger partial charge on any atom is 0.0576 e. The van der Waals surface area contributed by atoms with Gasteiger partial charge in [-0.1, -0.05) is 56.5 Å². The van der Waals surface area contributed by atoms with Crippen molar-refractivity contribution in [2.45, 2.75) is 44.6 Å². The molecular weight excluding hydrogens is 368 g/mol. The summed E-state index contributed by atoms with van der Waals surface area (Å²) in [5.41, 5.74) is 1.42. The minimum Gasteiger partial charge on any atom is -0.378 e. The van der Waals surface area contributed by atoms with Crippen molar-refractivity contribution in [1.82, 2.24) is 0 Å². The standard InChI is InChI=1S/C16H22Br2O/c17-12-13(5-3-7-15-8-4-10-19-15)11-14-6-1-2-9-16(14)18/h1-2,6,9,13,15H,3-5,7-8,10-12H2. The van der Waals surface area contributed by atoms with E-state index in [0.29, 0.717) is 6.10 Å². The van der Waals surface area contributed by atoms with E-state index in [1.807, 2.05) is 0 Å². The lowest BCUT2D eigenvalue weighted by molar-refractivity contribution is 0.101. The summed E-state index contributed by atoms with van der Waals surface area (Å²) in [4.78, 5) is 0. The number of rotatable bonds is 7. The van der Waals surface area contributed by atoms with Crippen molar-refractivity contribution >= 4 is 31.9 Å². The van der Waals surface area contributed by atoms with Gasteiger partial charge < -0.3 is 4.74 Å². The second-order valence-electron chi connectivity index (χ2n) is 5.38. The summed E-state index contributed by atoms with van der Waals surface area (Å²) >= 11 is 7.31.